The molecule has 0 aromatic heterocycles. The molecule has 2 aromatic carbocycles. The molecule has 112 valence electrons. The zero-order valence-corrected chi connectivity index (χ0v) is 12.0. The van der Waals surface area contributed by atoms with Crippen LogP contribution in [0.4, 0.5) is 0 Å². The van der Waals surface area contributed by atoms with Crippen molar-refractivity contribution in [2.24, 2.45) is 0 Å². The first-order chi connectivity index (χ1) is 10.1. The van der Waals surface area contributed by atoms with Crippen molar-refractivity contribution in [3.8, 4) is 23.0 Å². The van der Waals surface area contributed by atoms with E-state index in [0.717, 1.165) is 11.1 Å². The Labute approximate surface area is 123 Å². The largest absolute Gasteiger partial charge is 0.504 e. The maximum Gasteiger partial charge on any atom is 0.160 e. The van der Waals surface area contributed by atoms with Crippen LogP contribution in [0.15, 0.2) is 36.4 Å². The van der Waals surface area contributed by atoms with Crippen molar-refractivity contribution in [2.45, 2.75) is 13.2 Å². The molecule has 0 spiro atoms. The van der Waals surface area contributed by atoms with Gasteiger partial charge < -0.3 is 24.4 Å². The van der Waals surface area contributed by atoms with Crippen LogP contribution in [0.2, 0.25) is 0 Å². The van der Waals surface area contributed by atoms with Crippen LogP contribution in [-0.4, -0.2) is 24.4 Å². The van der Waals surface area contributed by atoms with Crippen molar-refractivity contribution in [2.75, 3.05) is 14.2 Å². The molecule has 0 amide bonds. The number of hydrogen-bond donors (Lipinski definition) is 2. The molecule has 0 aliphatic rings. The molecule has 0 aliphatic carbocycles. The monoisotopic (exact) mass is 290 g/mol. The number of rotatable bonds is 6. The predicted molar refractivity (Wildman–Crippen MR) is 77.8 cm³/mol. The molecular formula is C16H18O5. The molecule has 5 nitrogen and oxygen atoms in total. The summed E-state index contributed by atoms with van der Waals surface area (Å²) >= 11 is 0. The molecule has 0 saturated heterocycles. The molecule has 5 heteroatoms. The molecule has 0 saturated carbocycles. The fourth-order valence-corrected chi connectivity index (χ4v) is 1.94. The standard InChI is InChI=1S/C16H18O5/c1-19-15-5-3-11(7-13(15)17)9-21-10-12-4-6-16(20-2)14(18)8-12/h3-8,17-18H,9-10H2,1-2H3. The second-order valence-corrected chi connectivity index (χ2v) is 4.51. The first-order valence-corrected chi connectivity index (χ1v) is 6.43. The molecule has 0 unspecified atom stereocenters. The highest BCUT2D eigenvalue weighted by atomic mass is 16.5. The summed E-state index contributed by atoms with van der Waals surface area (Å²) in [6.45, 7) is 0.703. The Hall–Kier alpha value is -2.40. The Morgan fingerprint density at radius 2 is 1.19 bits per heavy atom. The SMILES string of the molecule is COc1ccc(COCc2ccc(OC)c(O)c2)cc1O. The first-order valence-electron chi connectivity index (χ1n) is 6.43. The lowest BCUT2D eigenvalue weighted by Crippen LogP contribution is -1.95. The molecule has 0 heterocycles. The lowest BCUT2D eigenvalue weighted by molar-refractivity contribution is 0.107. The van der Waals surface area contributed by atoms with Crippen LogP contribution in [0.5, 0.6) is 23.0 Å². The van der Waals surface area contributed by atoms with Gasteiger partial charge in [0, 0.05) is 0 Å². The van der Waals surface area contributed by atoms with Gasteiger partial charge in [0.2, 0.25) is 0 Å². The summed E-state index contributed by atoms with van der Waals surface area (Å²) in [6.07, 6.45) is 0. The van der Waals surface area contributed by atoms with Crippen LogP contribution in [-0.2, 0) is 18.0 Å². The Bertz CT molecular complexity index is 556. The van der Waals surface area contributed by atoms with Crippen molar-refractivity contribution in [3.05, 3.63) is 47.5 Å². The Balaban J connectivity index is 1.92. The summed E-state index contributed by atoms with van der Waals surface area (Å²) in [5.74, 6) is 1.03. The summed E-state index contributed by atoms with van der Waals surface area (Å²) in [5.41, 5.74) is 1.68. The third-order valence-corrected chi connectivity index (χ3v) is 3.02. The average Bonchev–Trinajstić information content (AvgIpc) is 2.48. The van der Waals surface area contributed by atoms with Gasteiger partial charge in [-0.1, -0.05) is 12.1 Å². The van der Waals surface area contributed by atoms with Gasteiger partial charge in [0.1, 0.15) is 0 Å². The van der Waals surface area contributed by atoms with Crippen molar-refractivity contribution < 1.29 is 24.4 Å². The quantitative estimate of drug-likeness (QED) is 0.856. The lowest BCUT2D eigenvalue weighted by Gasteiger charge is -2.09. The van der Waals surface area contributed by atoms with E-state index in [1.807, 2.05) is 12.1 Å². The Morgan fingerprint density at radius 1 is 0.762 bits per heavy atom. The van der Waals surface area contributed by atoms with E-state index in [-0.39, 0.29) is 11.5 Å². The van der Waals surface area contributed by atoms with E-state index in [9.17, 15) is 10.2 Å². The number of phenolic OH excluding ortho intramolecular Hbond substituents is 2. The van der Waals surface area contributed by atoms with Crippen LogP contribution >= 0.6 is 0 Å². The maximum absolute atomic E-state index is 9.67. The highest BCUT2D eigenvalue weighted by Crippen LogP contribution is 2.28. The van der Waals surface area contributed by atoms with Crippen molar-refractivity contribution >= 4 is 0 Å². The molecule has 0 atom stereocenters. The van der Waals surface area contributed by atoms with Crippen LogP contribution < -0.4 is 9.47 Å². The smallest absolute Gasteiger partial charge is 0.160 e. The molecule has 2 N–H and O–H groups in total. The van der Waals surface area contributed by atoms with Crippen LogP contribution in [0, 0.1) is 0 Å². The molecule has 0 bridgehead atoms. The van der Waals surface area contributed by atoms with Crippen molar-refractivity contribution in [1.29, 1.82) is 0 Å². The lowest BCUT2D eigenvalue weighted by atomic mass is 10.2. The van der Waals surface area contributed by atoms with E-state index in [0.29, 0.717) is 24.7 Å². The van der Waals surface area contributed by atoms with Gasteiger partial charge in [-0.3, -0.25) is 0 Å². The minimum Gasteiger partial charge on any atom is -0.504 e. The van der Waals surface area contributed by atoms with Gasteiger partial charge in [-0.25, -0.2) is 0 Å². The number of methoxy groups -OCH3 is 2. The zero-order valence-electron chi connectivity index (χ0n) is 12.0. The molecule has 2 aromatic rings. The third kappa shape index (κ3) is 3.79. The van der Waals surface area contributed by atoms with E-state index in [1.165, 1.54) is 14.2 Å². The second-order valence-electron chi connectivity index (χ2n) is 4.51. The summed E-state index contributed by atoms with van der Waals surface area (Å²) in [7, 11) is 3.00. The second kappa shape index (κ2) is 6.85. The van der Waals surface area contributed by atoms with Gasteiger partial charge in [0.25, 0.3) is 0 Å². The maximum atomic E-state index is 9.67. The molecular weight excluding hydrogens is 272 g/mol. The summed E-state index contributed by atoms with van der Waals surface area (Å²) in [6, 6.07) is 10.2. The number of hydrogen-bond acceptors (Lipinski definition) is 5. The van der Waals surface area contributed by atoms with Gasteiger partial charge in [-0.15, -0.1) is 0 Å². The molecule has 21 heavy (non-hydrogen) atoms. The number of phenols is 2. The number of ether oxygens (including phenoxy) is 3. The highest BCUT2D eigenvalue weighted by molar-refractivity contribution is 5.42. The Kier molecular flexibility index (Phi) is 4.90. The van der Waals surface area contributed by atoms with Gasteiger partial charge in [0.15, 0.2) is 23.0 Å². The summed E-state index contributed by atoms with van der Waals surface area (Å²) < 4.78 is 15.5. The molecule has 0 fully saturated rings. The third-order valence-electron chi connectivity index (χ3n) is 3.02. The topological polar surface area (TPSA) is 68.2 Å². The van der Waals surface area contributed by atoms with Crippen LogP contribution in [0.1, 0.15) is 11.1 Å². The van der Waals surface area contributed by atoms with E-state index in [4.69, 9.17) is 14.2 Å². The average molecular weight is 290 g/mol. The van der Waals surface area contributed by atoms with Gasteiger partial charge in [0.05, 0.1) is 27.4 Å². The van der Waals surface area contributed by atoms with Gasteiger partial charge in [-0.05, 0) is 35.4 Å². The minimum absolute atomic E-state index is 0.0840. The molecule has 2 rings (SSSR count). The van der Waals surface area contributed by atoms with E-state index in [2.05, 4.69) is 0 Å². The van der Waals surface area contributed by atoms with Crippen LogP contribution in [0.3, 0.4) is 0 Å². The number of benzene rings is 2. The molecule has 0 aliphatic heterocycles. The summed E-state index contributed by atoms with van der Waals surface area (Å²) in [5, 5.41) is 19.3. The molecule has 0 radical (unpaired) electrons. The summed E-state index contributed by atoms with van der Waals surface area (Å²) in [4.78, 5) is 0. The van der Waals surface area contributed by atoms with E-state index < -0.39 is 0 Å². The van der Waals surface area contributed by atoms with Crippen LogP contribution in [0.25, 0.3) is 0 Å². The number of aromatic hydroxyl groups is 2. The fourth-order valence-electron chi connectivity index (χ4n) is 1.94. The van der Waals surface area contributed by atoms with Crippen molar-refractivity contribution in [3.63, 3.8) is 0 Å². The first kappa shape index (κ1) is 15.0. The fraction of sp³-hybridized carbons (Fsp3) is 0.250. The zero-order chi connectivity index (χ0) is 15.2. The highest BCUT2D eigenvalue weighted by Gasteiger charge is 2.05. The minimum atomic E-state index is 0.0840. The Morgan fingerprint density at radius 3 is 1.52 bits per heavy atom. The predicted octanol–water partition coefficient (Wildman–Crippen LogP) is 2.83. The normalized spacial score (nSPS) is 10.4. The van der Waals surface area contributed by atoms with Gasteiger partial charge in [-0.2, -0.15) is 0 Å². The van der Waals surface area contributed by atoms with Gasteiger partial charge >= 0.3 is 0 Å². The van der Waals surface area contributed by atoms with E-state index in [1.54, 1.807) is 24.3 Å². The van der Waals surface area contributed by atoms with E-state index >= 15 is 0 Å². The van der Waals surface area contributed by atoms with Crippen molar-refractivity contribution in [1.82, 2.24) is 0 Å².